The number of nitrogens with zero attached hydrogens (tertiary/aromatic N) is 3. The lowest BCUT2D eigenvalue weighted by atomic mass is 10.1. The van der Waals surface area contributed by atoms with Gasteiger partial charge in [-0.25, -0.2) is 18.1 Å². The molecule has 1 aliphatic rings. The standard InChI is InChI=1S/C18H11N3O6S2/c1-9-19-20-18(28-9)21-15(22)13-7-6-12(8-14(13)16(21)23)29(26,27)11-4-2-10(3-5-11)17(24)25/h2-8H,1H3,(H,24,25). The van der Waals surface area contributed by atoms with E-state index in [1.54, 1.807) is 6.92 Å². The van der Waals surface area contributed by atoms with Gasteiger partial charge in [-0.05, 0) is 49.4 Å². The summed E-state index contributed by atoms with van der Waals surface area (Å²) in [5.74, 6) is -2.46. The summed E-state index contributed by atoms with van der Waals surface area (Å²) in [4.78, 5) is 36.8. The van der Waals surface area contributed by atoms with Crippen LogP contribution in [0.1, 0.15) is 36.1 Å². The summed E-state index contributed by atoms with van der Waals surface area (Å²) >= 11 is 1.07. The van der Waals surface area contributed by atoms with Crippen LogP contribution in [0.2, 0.25) is 0 Å². The van der Waals surface area contributed by atoms with E-state index in [9.17, 15) is 22.8 Å². The average Bonchev–Trinajstić information content (AvgIpc) is 3.22. The molecule has 2 aromatic carbocycles. The van der Waals surface area contributed by atoms with Crippen molar-refractivity contribution < 1.29 is 27.9 Å². The fourth-order valence-corrected chi connectivity index (χ4v) is 4.82. The highest BCUT2D eigenvalue weighted by Crippen LogP contribution is 2.32. The molecule has 146 valence electrons. The zero-order chi connectivity index (χ0) is 20.9. The summed E-state index contributed by atoms with van der Waals surface area (Å²) in [7, 11) is -4.02. The fraction of sp³-hybridized carbons (Fsp3) is 0.0556. The van der Waals surface area contributed by atoms with Crippen LogP contribution in [0.15, 0.2) is 52.3 Å². The van der Waals surface area contributed by atoms with E-state index in [4.69, 9.17) is 5.11 Å². The van der Waals surface area contributed by atoms with Crippen molar-refractivity contribution in [1.29, 1.82) is 0 Å². The van der Waals surface area contributed by atoms with Crippen molar-refractivity contribution in [3.05, 3.63) is 64.2 Å². The van der Waals surface area contributed by atoms with Gasteiger partial charge in [0.25, 0.3) is 11.8 Å². The van der Waals surface area contributed by atoms with Crippen molar-refractivity contribution in [2.75, 3.05) is 4.90 Å². The van der Waals surface area contributed by atoms with E-state index >= 15 is 0 Å². The molecule has 0 bridgehead atoms. The SMILES string of the molecule is Cc1nnc(N2C(=O)c3ccc(S(=O)(=O)c4ccc(C(=O)O)cc4)cc3C2=O)s1. The van der Waals surface area contributed by atoms with Gasteiger partial charge < -0.3 is 5.11 Å². The molecule has 0 aliphatic carbocycles. The maximum absolute atomic E-state index is 12.9. The van der Waals surface area contributed by atoms with Gasteiger partial charge in [0.1, 0.15) is 5.01 Å². The first-order valence-electron chi connectivity index (χ1n) is 8.11. The third-order valence-electron chi connectivity index (χ3n) is 4.29. The van der Waals surface area contributed by atoms with Crippen molar-refractivity contribution in [2.45, 2.75) is 16.7 Å². The molecular weight excluding hydrogens is 418 g/mol. The van der Waals surface area contributed by atoms with Gasteiger partial charge in [-0.3, -0.25) is 9.59 Å². The Morgan fingerprint density at radius 1 is 0.966 bits per heavy atom. The first-order valence-corrected chi connectivity index (χ1v) is 10.4. The van der Waals surface area contributed by atoms with E-state index in [-0.39, 0.29) is 31.6 Å². The number of benzene rings is 2. The van der Waals surface area contributed by atoms with Crippen LogP contribution in [0.5, 0.6) is 0 Å². The highest BCUT2D eigenvalue weighted by molar-refractivity contribution is 7.91. The van der Waals surface area contributed by atoms with E-state index in [1.807, 2.05) is 0 Å². The quantitative estimate of drug-likeness (QED) is 0.624. The summed E-state index contributed by atoms with van der Waals surface area (Å²) < 4.78 is 25.8. The van der Waals surface area contributed by atoms with Gasteiger partial charge in [-0.1, -0.05) is 11.3 Å². The molecule has 0 fully saturated rings. The number of rotatable bonds is 4. The lowest BCUT2D eigenvalue weighted by Gasteiger charge is -2.07. The molecule has 0 atom stereocenters. The molecule has 0 saturated heterocycles. The van der Waals surface area contributed by atoms with Crippen LogP contribution in [0, 0.1) is 6.92 Å². The molecule has 0 unspecified atom stereocenters. The number of amides is 2. The Hall–Kier alpha value is -3.44. The van der Waals surface area contributed by atoms with Crippen molar-refractivity contribution in [3.8, 4) is 0 Å². The highest BCUT2D eigenvalue weighted by Gasteiger charge is 2.39. The van der Waals surface area contributed by atoms with Gasteiger partial charge in [0.15, 0.2) is 0 Å². The number of aromatic nitrogens is 2. The molecule has 1 N–H and O–H groups in total. The number of carboxylic acid groups (broad SMARTS) is 1. The first kappa shape index (κ1) is 18.9. The van der Waals surface area contributed by atoms with E-state index in [0.717, 1.165) is 22.3 Å². The van der Waals surface area contributed by atoms with Gasteiger partial charge in [-0.15, -0.1) is 10.2 Å². The summed E-state index contributed by atoms with van der Waals surface area (Å²) in [6.07, 6.45) is 0. The molecule has 9 nitrogen and oxygen atoms in total. The second kappa shape index (κ2) is 6.57. The number of sulfone groups is 1. The largest absolute Gasteiger partial charge is 0.478 e. The number of fused-ring (bicyclic) bond motifs is 1. The number of hydrogen-bond acceptors (Lipinski definition) is 8. The number of aromatic carboxylic acids is 1. The normalized spacial score (nSPS) is 13.6. The zero-order valence-electron chi connectivity index (χ0n) is 14.7. The number of aryl methyl sites for hydroxylation is 1. The molecule has 4 rings (SSSR count). The minimum atomic E-state index is -4.02. The molecule has 1 aliphatic heterocycles. The molecule has 2 heterocycles. The molecule has 0 radical (unpaired) electrons. The zero-order valence-corrected chi connectivity index (χ0v) is 16.3. The Labute approximate surface area is 168 Å². The van der Waals surface area contributed by atoms with Crippen LogP contribution in [0.25, 0.3) is 0 Å². The predicted octanol–water partition coefficient (Wildman–Crippen LogP) is 2.18. The Kier molecular flexibility index (Phi) is 4.28. The van der Waals surface area contributed by atoms with E-state index in [2.05, 4.69) is 10.2 Å². The van der Waals surface area contributed by atoms with Crippen LogP contribution < -0.4 is 4.90 Å². The van der Waals surface area contributed by atoms with E-state index < -0.39 is 27.6 Å². The van der Waals surface area contributed by atoms with Gasteiger partial charge >= 0.3 is 5.97 Å². The number of carbonyl (C=O) groups is 3. The summed E-state index contributed by atoms with van der Waals surface area (Å²) in [5.41, 5.74) is -0.0317. The van der Waals surface area contributed by atoms with Crippen molar-refractivity contribution in [1.82, 2.24) is 10.2 Å². The Balaban J connectivity index is 1.74. The smallest absolute Gasteiger partial charge is 0.335 e. The first-order chi connectivity index (χ1) is 13.7. The second-order valence-electron chi connectivity index (χ2n) is 6.09. The topological polar surface area (TPSA) is 135 Å². The fourth-order valence-electron chi connectivity index (χ4n) is 2.85. The third kappa shape index (κ3) is 3.00. The number of imide groups is 1. The minimum absolute atomic E-state index is 0.0499. The molecule has 0 spiro atoms. The van der Waals surface area contributed by atoms with Crippen LogP contribution in [-0.2, 0) is 9.84 Å². The number of hydrogen-bond donors (Lipinski definition) is 1. The third-order valence-corrected chi connectivity index (χ3v) is 6.88. The highest BCUT2D eigenvalue weighted by atomic mass is 32.2. The second-order valence-corrected chi connectivity index (χ2v) is 9.20. The number of anilines is 1. The van der Waals surface area contributed by atoms with Crippen molar-refractivity contribution in [3.63, 3.8) is 0 Å². The molecule has 11 heteroatoms. The van der Waals surface area contributed by atoms with Gasteiger partial charge in [0.05, 0.1) is 26.5 Å². The van der Waals surface area contributed by atoms with Crippen LogP contribution in [-0.4, -0.2) is 41.5 Å². The lowest BCUT2D eigenvalue weighted by Crippen LogP contribution is -2.29. The maximum Gasteiger partial charge on any atom is 0.335 e. The van der Waals surface area contributed by atoms with Crippen molar-refractivity contribution >= 4 is 44.1 Å². The Morgan fingerprint density at radius 2 is 1.59 bits per heavy atom. The van der Waals surface area contributed by atoms with Crippen LogP contribution in [0.4, 0.5) is 5.13 Å². The average molecular weight is 429 g/mol. The van der Waals surface area contributed by atoms with Gasteiger partial charge in [0.2, 0.25) is 15.0 Å². The molecular formula is C18H11N3O6S2. The van der Waals surface area contributed by atoms with Crippen LogP contribution in [0.3, 0.4) is 0 Å². The molecule has 3 aromatic rings. The minimum Gasteiger partial charge on any atom is -0.478 e. The Bertz CT molecular complexity index is 1300. The molecule has 0 saturated carbocycles. The predicted molar refractivity (Wildman–Crippen MR) is 101 cm³/mol. The molecule has 1 aromatic heterocycles. The summed E-state index contributed by atoms with van der Waals surface area (Å²) in [6, 6.07) is 8.36. The summed E-state index contributed by atoms with van der Waals surface area (Å²) in [6.45, 7) is 1.68. The lowest BCUT2D eigenvalue weighted by molar-refractivity contribution is 0.0696. The monoisotopic (exact) mass is 429 g/mol. The Morgan fingerprint density at radius 3 is 2.17 bits per heavy atom. The maximum atomic E-state index is 12.9. The van der Waals surface area contributed by atoms with Crippen molar-refractivity contribution in [2.24, 2.45) is 0 Å². The number of carboxylic acids is 1. The van der Waals surface area contributed by atoms with Gasteiger partial charge in [-0.2, -0.15) is 0 Å². The van der Waals surface area contributed by atoms with Crippen LogP contribution >= 0.6 is 11.3 Å². The summed E-state index contributed by atoms with van der Waals surface area (Å²) in [5, 5.41) is 17.2. The van der Waals surface area contributed by atoms with E-state index in [0.29, 0.717) is 5.01 Å². The molecule has 29 heavy (non-hydrogen) atoms. The van der Waals surface area contributed by atoms with Gasteiger partial charge in [0, 0.05) is 0 Å². The molecule has 2 amide bonds. The van der Waals surface area contributed by atoms with E-state index in [1.165, 1.54) is 36.4 Å². The number of carbonyl (C=O) groups excluding carboxylic acids is 2.